The van der Waals surface area contributed by atoms with Crippen molar-refractivity contribution in [2.45, 2.75) is 6.61 Å². The third kappa shape index (κ3) is 3.23. The van der Waals surface area contributed by atoms with E-state index in [2.05, 4.69) is 10.3 Å². The third-order valence-electron chi connectivity index (χ3n) is 2.39. The molecule has 1 aromatic heterocycles. The fraction of sp³-hybridized carbons (Fsp3) is 0.154. The zero-order chi connectivity index (χ0) is 13.8. The molecular formula is C13H11F3N2O. The molecule has 0 unspecified atom stereocenters. The van der Waals surface area contributed by atoms with Gasteiger partial charge in [0.2, 0.25) is 0 Å². The van der Waals surface area contributed by atoms with Gasteiger partial charge in [0.25, 0.3) is 5.95 Å². The van der Waals surface area contributed by atoms with Crippen molar-refractivity contribution in [2.24, 2.45) is 0 Å². The van der Waals surface area contributed by atoms with Crippen LogP contribution >= 0.6 is 0 Å². The topological polar surface area (TPSA) is 34.1 Å². The number of anilines is 2. The molecule has 2 rings (SSSR count). The molecule has 6 heteroatoms. The van der Waals surface area contributed by atoms with Gasteiger partial charge in [0.15, 0.2) is 17.5 Å². The summed E-state index contributed by atoms with van der Waals surface area (Å²) in [7, 11) is 1.55. The minimum atomic E-state index is -1.35. The zero-order valence-electron chi connectivity index (χ0n) is 10.1. The van der Waals surface area contributed by atoms with Crippen LogP contribution in [0.3, 0.4) is 0 Å². The van der Waals surface area contributed by atoms with Crippen LogP contribution < -0.4 is 5.32 Å². The summed E-state index contributed by atoms with van der Waals surface area (Å²) in [5.74, 6) is -4.00. The van der Waals surface area contributed by atoms with Crippen molar-refractivity contribution >= 4 is 11.5 Å². The summed E-state index contributed by atoms with van der Waals surface area (Å²) in [6, 6.07) is 7.36. The number of nitrogens with zero attached hydrogens (tertiary/aromatic N) is 1. The fourth-order valence-electron chi connectivity index (χ4n) is 1.57. The molecule has 1 aromatic carbocycles. The Kier molecular flexibility index (Phi) is 4.01. The smallest absolute Gasteiger partial charge is 0.251 e. The second-order valence-electron chi connectivity index (χ2n) is 3.85. The predicted molar refractivity (Wildman–Crippen MR) is 64.5 cm³/mol. The standard InChI is InChI=1S/C13H11F3N2O/c1-19-7-8-3-2-4-9(5-8)17-13-11(15)6-10(14)12(16)18-13/h2-6H,7H2,1H3,(H,17,18). The van der Waals surface area contributed by atoms with Crippen molar-refractivity contribution in [2.75, 3.05) is 12.4 Å². The van der Waals surface area contributed by atoms with Gasteiger partial charge in [-0.3, -0.25) is 0 Å². The summed E-state index contributed by atoms with van der Waals surface area (Å²) in [4.78, 5) is 3.18. The molecule has 100 valence electrons. The number of rotatable bonds is 4. The highest BCUT2D eigenvalue weighted by molar-refractivity contribution is 5.57. The number of nitrogens with one attached hydrogen (secondary N) is 1. The molecule has 0 atom stereocenters. The van der Waals surface area contributed by atoms with Crippen LogP contribution in [-0.2, 0) is 11.3 Å². The molecule has 0 bridgehead atoms. The average Bonchev–Trinajstić information content (AvgIpc) is 2.37. The number of aromatic nitrogens is 1. The molecule has 1 heterocycles. The Bertz CT molecular complexity index is 590. The zero-order valence-corrected chi connectivity index (χ0v) is 10.1. The first kappa shape index (κ1) is 13.4. The van der Waals surface area contributed by atoms with Crippen LogP contribution in [0, 0.1) is 17.6 Å². The maximum absolute atomic E-state index is 13.4. The van der Waals surface area contributed by atoms with E-state index < -0.39 is 17.6 Å². The molecule has 0 saturated heterocycles. The first-order chi connectivity index (χ1) is 9.10. The van der Waals surface area contributed by atoms with Crippen molar-refractivity contribution in [3.8, 4) is 0 Å². The molecule has 0 fully saturated rings. The van der Waals surface area contributed by atoms with E-state index in [0.29, 0.717) is 18.4 Å². The van der Waals surface area contributed by atoms with Crippen molar-refractivity contribution < 1.29 is 17.9 Å². The van der Waals surface area contributed by atoms with Gasteiger partial charge in [0.05, 0.1) is 6.61 Å². The summed E-state index contributed by atoms with van der Waals surface area (Å²) < 4.78 is 44.1. The van der Waals surface area contributed by atoms with Gasteiger partial charge in [-0.25, -0.2) is 8.78 Å². The normalized spacial score (nSPS) is 10.5. The Morgan fingerprint density at radius 1 is 1.16 bits per heavy atom. The van der Waals surface area contributed by atoms with Gasteiger partial charge in [-0.05, 0) is 17.7 Å². The molecule has 0 aliphatic heterocycles. The van der Waals surface area contributed by atoms with Crippen molar-refractivity contribution in [3.05, 3.63) is 53.5 Å². The second kappa shape index (κ2) is 5.71. The highest BCUT2D eigenvalue weighted by Gasteiger charge is 2.11. The van der Waals surface area contributed by atoms with Crippen LogP contribution in [0.4, 0.5) is 24.7 Å². The Morgan fingerprint density at radius 2 is 1.95 bits per heavy atom. The van der Waals surface area contributed by atoms with E-state index in [1.54, 1.807) is 25.3 Å². The molecule has 0 radical (unpaired) electrons. The van der Waals surface area contributed by atoms with Crippen molar-refractivity contribution in [3.63, 3.8) is 0 Å². The lowest BCUT2D eigenvalue weighted by Crippen LogP contribution is -2.02. The van der Waals surface area contributed by atoms with Crippen LogP contribution in [0.5, 0.6) is 0 Å². The van der Waals surface area contributed by atoms with Gasteiger partial charge >= 0.3 is 0 Å². The van der Waals surface area contributed by atoms with E-state index in [1.165, 1.54) is 0 Å². The lowest BCUT2D eigenvalue weighted by Gasteiger charge is -2.08. The lowest BCUT2D eigenvalue weighted by atomic mass is 10.2. The van der Waals surface area contributed by atoms with Gasteiger partial charge < -0.3 is 10.1 Å². The maximum atomic E-state index is 13.4. The van der Waals surface area contributed by atoms with E-state index in [0.717, 1.165) is 5.56 Å². The number of methoxy groups -OCH3 is 1. The number of benzene rings is 1. The Labute approximate surface area is 108 Å². The highest BCUT2D eigenvalue weighted by atomic mass is 19.2. The van der Waals surface area contributed by atoms with Crippen LogP contribution in [0.2, 0.25) is 0 Å². The van der Waals surface area contributed by atoms with E-state index in [4.69, 9.17) is 4.74 Å². The van der Waals surface area contributed by atoms with Crippen LogP contribution in [0.25, 0.3) is 0 Å². The van der Waals surface area contributed by atoms with E-state index in [9.17, 15) is 13.2 Å². The van der Waals surface area contributed by atoms with E-state index in [-0.39, 0.29) is 5.82 Å². The molecule has 3 nitrogen and oxygen atoms in total. The first-order valence-corrected chi connectivity index (χ1v) is 5.46. The number of pyridine rings is 1. The maximum Gasteiger partial charge on any atom is 0.251 e. The van der Waals surface area contributed by atoms with Gasteiger partial charge in [-0.1, -0.05) is 12.1 Å². The number of halogens is 3. The van der Waals surface area contributed by atoms with Gasteiger partial charge in [0.1, 0.15) is 0 Å². The Balaban J connectivity index is 2.25. The van der Waals surface area contributed by atoms with Crippen molar-refractivity contribution in [1.82, 2.24) is 4.98 Å². The predicted octanol–water partition coefficient (Wildman–Crippen LogP) is 3.39. The monoisotopic (exact) mass is 268 g/mol. The van der Waals surface area contributed by atoms with E-state index >= 15 is 0 Å². The summed E-state index contributed by atoms with van der Waals surface area (Å²) in [6.45, 7) is 0.392. The molecule has 0 saturated carbocycles. The van der Waals surface area contributed by atoms with Crippen LogP contribution in [0.15, 0.2) is 30.3 Å². The third-order valence-corrected chi connectivity index (χ3v) is 2.39. The first-order valence-electron chi connectivity index (χ1n) is 5.46. The molecular weight excluding hydrogens is 257 g/mol. The second-order valence-corrected chi connectivity index (χ2v) is 3.85. The molecule has 0 spiro atoms. The lowest BCUT2D eigenvalue weighted by molar-refractivity contribution is 0.185. The highest BCUT2D eigenvalue weighted by Crippen LogP contribution is 2.20. The Hall–Kier alpha value is -2.08. The molecule has 0 amide bonds. The van der Waals surface area contributed by atoms with Gasteiger partial charge in [-0.15, -0.1) is 0 Å². The Morgan fingerprint density at radius 3 is 2.68 bits per heavy atom. The molecule has 0 aliphatic carbocycles. The molecule has 2 aromatic rings. The number of hydrogen-bond donors (Lipinski definition) is 1. The van der Waals surface area contributed by atoms with Crippen molar-refractivity contribution in [1.29, 1.82) is 0 Å². The number of hydrogen-bond acceptors (Lipinski definition) is 3. The van der Waals surface area contributed by atoms with E-state index in [1.807, 2.05) is 6.07 Å². The largest absolute Gasteiger partial charge is 0.380 e. The molecule has 1 N–H and O–H groups in total. The summed E-state index contributed by atoms with van der Waals surface area (Å²) in [5.41, 5.74) is 1.36. The average molecular weight is 268 g/mol. The molecule has 0 aliphatic rings. The minimum Gasteiger partial charge on any atom is -0.380 e. The summed E-state index contributed by atoms with van der Waals surface area (Å²) in [6.07, 6.45) is 0. The fourth-order valence-corrected chi connectivity index (χ4v) is 1.57. The van der Waals surface area contributed by atoms with Crippen LogP contribution in [0.1, 0.15) is 5.56 Å². The quantitative estimate of drug-likeness (QED) is 0.863. The SMILES string of the molecule is COCc1cccc(Nc2nc(F)c(F)cc2F)c1. The van der Waals surface area contributed by atoms with Crippen LogP contribution in [-0.4, -0.2) is 12.1 Å². The summed E-state index contributed by atoms with van der Waals surface area (Å²) >= 11 is 0. The molecule has 19 heavy (non-hydrogen) atoms. The van der Waals surface area contributed by atoms with Gasteiger partial charge in [0, 0.05) is 18.9 Å². The summed E-state index contributed by atoms with van der Waals surface area (Å²) in [5, 5.41) is 2.59. The van der Waals surface area contributed by atoms with Gasteiger partial charge in [-0.2, -0.15) is 9.37 Å². The number of ether oxygens (including phenoxy) is 1. The minimum absolute atomic E-state index is 0.367.